The van der Waals surface area contributed by atoms with Gasteiger partial charge in [-0.1, -0.05) is 26.0 Å². The van der Waals surface area contributed by atoms with Gasteiger partial charge in [0.15, 0.2) is 0 Å². The Hall–Kier alpha value is -1.85. The Labute approximate surface area is 143 Å². The number of piperidine rings is 1. The topological polar surface area (TPSA) is 61.4 Å². The largest absolute Gasteiger partial charge is 0.488 e. The molecule has 130 valence electrons. The van der Waals surface area contributed by atoms with Crippen molar-refractivity contribution < 1.29 is 9.84 Å². The van der Waals surface area contributed by atoms with Crippen LogP contribution in [0.2, 0.25) is 0 Å². The van der Waals surface area contributed by atoms with Crippen LogP contribution >= 0.6 is 0 Å². The van der Waals surface area contributed by atoms with Crippen molar-refractivity contribution >= 4 is 0 Å². The Bertz CT molecular complexity index is 627. The molecule has 0 saturated carbocycles. The zero-order chi connectivity index (χ0) is 16.9. The lowest BCUT2D eigenvalue weighted by molar-refractivity contribution is -0.0248. The highest BCUT2D eigenvalue weighted by atomic mass is 16.5. The summed E-state index contributed by atoms with van der Waals surface area (Å²) in [6.45, 7) is 6.89. The molecule has 1 aromatic carbocycles. The highest BCUT2D eigenvalue weighted by Gasteiger charge is 2.29. The molecule has 2 atom stereocenters. The number of likely N-dealkylation sites (tertiary alicyclic amines) is 1. The molecule has 0 aliphatic carbocycles. The highest BCUT2D eigenvalue weighted by Crippen LogP contribution is 2.24. The number of nitrogens with zero attached hydrogens (tertiary/aromatic N) is 2. The first kappa shape index (κ1) is 17.0. The van der Waals surface area contributed by atoms with Crippen LogP contribution in [0.5, 0.6) is 5.75 Å². The van der Waals surface area contributed by atoms with Crippen LogP contribution in [-0.2, 0) is 6.42 Å². The van der Waals surface area contributed by atoms with Gasteiger partial charge in [-0.15, -0.1) is 0 Å². The number of aliphatic hydroxyl groups excluding tert-OH is 1. The van der Waals surface area contributed by atoms with Crippen molar-refractivity contribution in [2.75, 3.05) is 19.6 Å². The second-order valence-corrected chi connectivity index (χ2v) is 6.90. The standard InChI is InChI=1S/C19H27N3O2/c1-14(2)16-4-3-5-17(10-16)24-19-7-9-22(13-18(19)23)8-6-15-11-20-21-12-15/h3-5,10-12,14,18-19,23H,6-9,13H2,1-2H3,(H,20,21)/t18-,19-/m1/s1. The van der Waals surface area contributed by atoms with Gasteiger partial charge in [-0.3, -0.25) is 5.10 Å². The average molecular weight is 329 g/mol. The van der Waals surface area contributed by atoms with Crippen LogP contribution < -0.4 is 4.74 Å². The Morgan fingerprint density at radius 3 is 3.00 bits per heavy atom. The third-order valence-electron chi connectivity index (χ3n) is 4.69. The number of aromatic amines is 1. The summed E-state index contributed by atoms with van der Waals surface area (Å²) in [5.41, 5.74) is 2.47. The fraction of sp³-hybridized carbons (Fsp3) is 0.526. The molecule has 2 heterocycles. The maximum atomic E-state index is 10.5. The van der Waals surface area contributed by atoms with Gasteiger partial charge in [0.1, 0.15) is 18.0 Å². The quantitative estimate of drug-likeness (QED) is 0.855. The first-order valence-electron chi connectivity index (χ1n) is 8.76. The highest BCUT2D eigenvalue weighted by molar-refractivity contribution is 5.30. The minimum Gasteiger partial charge on any atom is -0.488 e. The van der Waals surface area contributed by atoms with Crippen molar-refractivity contribution in [3.8, 4) is 5.75 Å². The number of nitrogens with one attached hydrogen (secondary N) is 1. The molecular formula is C19H27N3O2. The summed E-state index contributed by atoms with van der Waals surface area (Å²) >= 11 is 0. The Kier molecular flexibility index (Phi) is 5.53. The van der Waals surface area contributed by atoms with Crippen LogP contribution in [0.1, 0.15) is 37.3 Å². The van der Waals surface area contributed by atoms with Crippen LogP contribution in [0, 0.1) is 0 Å². The fourth-order valence-corrected chi connectivity index (χ4v) is 3.14. The summed E-state index contributed by atoms with van der Waals surface area (Å²) in [7, 11) is 0. The molecule has 2 N–H and O–H groups in total. The number of rotatable bonds is 6. The first-order chi connectivity index (χ1) is 11.6. The van der Waals surface area contributed by atoms with Gasteiger partial charge >= 0.3 is 0 Å². The molecule has 5 heteroatoms. The molecule has 24 heavy (non-hydrogen) atoms. The lowest BCUT2D eigenvalue weighted by Crippen LogP contribution is -2.49. The number of aromatic nitrogens is 2. The van der Waals surface area contributed by atoms with E-state index in [0.717, 1.165) is 31.7 Å². The number of hydrogen-bond acceptors (Lipinski definition) is 4. The summed E-state index contributed by atoms with van der Waals surface area (Å²) in [5, 5.41) is 17.3. The Morgan fingerprint density at radius 1 is 1.42 bits per heavy atom. The number of benzene rings is 1. The molecule has 5 nitrogen and oxygen atoms in total. The number of aliphatic hydroxyl groups is 1. The lowest BCUT2D eigenvalue weighted by Gasteiger charge is -2.36. The maximum Gasteiger partial charge on any atom is 0.127 e. The summed E-state index contributed by atoms with van der Waals surface area (Å²) in [4.78, 5) is 2.29. The Balaban J connectivity index is 1.51. The number of ether oxygens (including phenoxy) is 1. The smallest absolute Gasteiger partial charge is 0.127 e. The first-order valence-corrected chi connectivity index (χ1v) is 8.76. The van der Waals surface area contributed by atoms with E-state index < -0.39 is 6.10 Å². The molecule has 0 radical (unpaired) electrons. The molecule has 0 spiro atoms. The average Bonchev–Trinajstić information content (AvgIpc) is 3.09. The molecule has 0 bridgehead atoms. The van der Waals surface area contributed by atoms with Gasteiger partial charge in [-0.2, -0.15) is 5.10 Å². The van der Waals surface area contributed by atoms with Gasteiger partial charge in [0.05, 0.1) is 6.20 Å². The minimum absolute atomic E-state index is 0.127. The molecule has 2 aromatic rings. The SMILES string of the molecule is CC(C)c1cccc(O[C@@H]2CCN(CCc3cn[nH]c3)C[C@H]2O)c1. The van der Waals surface area contributed by atoms with E-state index in [-0.39, 0.29) is 6.10 Å². The number of β-amino-alcohol motifs (C(OH)–C–C–N with tert-alkyl or cyclic N) is 1. The molecule has 1 aliphatic heterocycles. The van der Waals surface area contributed by atoms with Crippen LogP contribution in [0.4, 0.5) is 0 Å². The third kappa shape index (κ3) is 4.36. The monoisotopic (exact) mass is 329 g/mol. The van der Waals surface area contributed by atoms with E-state index in [2.05, 4.69) is 41.1 Å². The van der Waals surface area contributed by atoms with Gasteiger partial charge in [0.2, 0.25) is 0 Å². The molecule has 3 rings (SSSR count). The number of H-pyrrole nitrogens is 1. The van der Waals surface area contributed by atoms with Crippen LogP contribution in [-0.4, -0.2) is 52.0 Å². The molecule has 1 fully saturated rings. The Morgan fingerprint density at radius 2 is 2.29 bits per heavy atom. The number of hydrogen-bond donors (Lipinski definition) is 2. The lowest BCUT2D eigenvalue weighted by atomic mass is 10.0. The van der Waals surface area contributed by atoms with Gasteiger partial charge in [0.25, 0.3) is 0 Å². The molecular weight excluding hydrogens is 302 g/mol. The zero-order valence-electron chi connectivity index (χ0n) is 14.5. The van der Waals surface area contributed by atoms with E-state index in [0.29, 0.717) is 12.5 Å². The van der Waals surface area contributed by atoms with Crippen molar-refractivity contribution in [1.29, 1.82) is 0 Å². The molecule has 0 unspecified atom stereocenters. The summed E-state index contributed by atoms with van der Waals surface area (Å²) in [6.07, 6.45) is 4.99. The van der Waals surface area contributed by atoms with E-state index in [1.165, 1.54) is 11.1 Å². The van der Waals surface area contributed by atoms with Crippen molar-refractivity contribution in [3.63, 3.8) is 0 Å². The predicted octanol–water partition coefficient (Wildman–Crippen LogP) is 2.59. The second kappa shape index (κ2) is 7.81. The van der Waals surface area contributed by atoms with Crippen LogP contribution in [0.25, 0.3) is 0 Å². The predicted molar refractivity (Wildman–Crippen MR) is 94.3 cm³/mol. The normalized spacial score (nSPS) is 22.0. The van der Waals surface area contributed by atoms with Crippen molar-refractivity contribution in [2.45, 2.75) is 44.8 Å². The molecule has 0 amide bonds. The van der Waals surface area contributed by atoms with Gasteiger partial charge < -0.3 is 14.7 Å². The minimum atomic E-state index is -0.453. The third-order valence-corrected chi connectivity index (χ3v) is 4.69. The molecule has 1 aromatic heterocycles. The van der Waals surface area contributed by atoms with Gasteiger partial charge in [-0.05, 0) is 42.0 Å². The van der Waals surface area contributed by atoms with E-state index in [4.69, 9.17) is 4.74 Å². The maximum absolute atomic E-state index is 10.5. The van der Waals surface area contributed by atoms with Gasteiger partial charge in [-0.25, -0.2) is 0 Å². The zero-order valence-corrected chi connectivity index (χ0v) is 14.5. The van der Waals surface area contributed by atoms with Crippen molar-refractivity contribution in [1.82, 2.24) is 15.1 Å². The second-order valence-electron chi connectivity index (χ2n) is 6.90. The summed E-state index contributed by atoms with van der Waals surface area (Å²) in [5.74, 6) is 1.33. The fourth-order valence-electron chi connectivity index (χ4n) is 3.14. The van der Waals surface area contributed by atoms with Gasteiger partial charge in [0, 0.05) is 25.8 Å². The van der Waals surface area contributed by atoms with Crippen molar-refractivity contribution in [2.24, 2.45) is 0 Å². The van der Waals surface area contributed by atoms with Crippen LogP contribution in [0.3, 0.4) is 0 Å². The van der Waals surface area contributed by atoms with E-state index in [1.807, 2.05) is 24.5 Å². The van der Waals surface area contributed by atoms with E-state index >= 15 is 0 Å². The van der Waals surface area contributed by atoms with E-state index in [1.54, 1.807) is 0 Å². The van der Waals surface area contributed by atoms with Crippen LogP contribution in [0.15, 0.2) is 36.7 Å². The molecule has 1 aliphatic rings. The molecule has 1 saturated heterocycles. The van der Waals surface area contributed by atoms with Crippen molar-refractivity contribution in [3.05, 3.63) is 47.8 Å². The summed E-state index contributed by atoms with van der Waals surface area (Å²) < 4.78 is 6.07. The van der Waals surface area contributed by atoms with E-state index in [9.17, 15) is 5.11 Å². The summed E-state index contributed by atoms with van der Waals surface area (Å²) in [6, 6.07) is 8.20.